The summed E-state index contributed by atoms with van der Waals surface area (Å²) in [6, 6.07) is 9.24. The Hall–Kier alpha value is -2.80. The molecular formula is C21H29N3O4. The number of aryl methyl sites for hydroxylation is 1. The zero-order valence-electron chi connectivity index (χ0n) is 17.0. The quantitative estimate of drug-likeness (QED) is 0.609. The highest BCUT2D eigenvalue weighted by Gasteiger charge is 2.12. The predicted octanol–water partition coefficient (Wildman–Crippen LogP) is 2.41. The van der Waals surface area contributed by atoms with Crippen molar-refractivity contribution in [3.8, 4) is 17.4 Å². The first-order chi connectivity index (χ1) is 13.4. The second kappa shape index (κ2) is 10.5. The predicted molar refractivity (Wildman–Crippen MR) is 108 cm³/mol. The molecule has 0 aliphatic carbocycles. The zero-order valence-corrected chi connectivity index (χ0v) is 17.0. The molecular weight excluding hydrogens is 358 g/mol. The van der Waals surface area contributed by atoms with Gasteiger partial charge in [-0.15, -0.1) is 0 Å². The first-order valence-corrected chi connectivity index (χ1v) is 9.29. The maximum absolute atomic E-state index is 12.1. The van der Waals surface area contributed by atoms with Gasteiger partial charge in [-0.3, -0.25) is 4.79 Å². The highest BCUT2D eigenvalue weighted by atomic mass is 16.5. The van der Waals surface area contributed by atoms with Crippen molar-refractivity contribution in [3.05, 3.63) is 47.2 Å². The van der Waals surface area contributed by atoms with Gasteiger partial charge in [0.2, 0.25) is 5.88 Å². The van der Waals surface area contributed by atoms with Crippen LogP contribution in [0.15, 0.2) is 30.3 Å². The fraction of sp³-hybridized carbons (Fsp3) is 0.429. The molecule has 0 bridgehead atoms. The van der Waals surface area contributed by atoms with Crippen LogP contribution in [0.1, 0.15) is 28.0 Å². The van der Waals surface area contributed by atoms with Gasteiger partial charge in [0.1, 0.15) is 5.56 Å². The summed E-state index contributed by atoms with van der Waals surface area (Å²) >= 11 is 0. The van der Waals surface area contributed by atoms with Crippen molar-refractivity contribution in [1.29, 1.82) is 0 Å². The average Bonchev–Trinajstić information content (AvgIpc) is 2.69. The number of carbonyl (C=O) groups excluding carboxylic acids is 1. The monoisotopic (exact) mass is 387 g/mol. The lowest BCUT2D eigenvalue weighted by molar-refractivity contribution is 0.0948. The molecule has 0 spiro atoms. The van der Waals surface area contributed by atoms with Crippen LogP contribution in [0.25, 0.3) is 0 Å². The van der Waals surface area contributed by atoms with E-state index < -0.39 is 0 Å². The maximum Gasteiger partial charge on any atom is 0.256 e. The lowest BCUT2D eigenvalue weighted by Crippen LogP contribution is -2.29. The van der Waals surface area contributed by atoms with Gasteiger partial charge >= 0.3 is 0 Å². The van der Waals surface area contributed by atoms with Crippen LogP contribution >= 0.6 is 0 Å². The van der Waals surface area contributed by atoms with Crippen molar-refractivity contribution >= 4 is 5.91 Å². The number of aromatic hydroxyl groups is 1. The number of methoxy groups -OCH3 is 2. The van der Waals surface area contributed by atoms with Crippen molar-refractivity contribution < 1.29 is 19.4 Å². The van der Waals surface area contributed by atoms with Crippen molar-refractivity contribution in [3.63, 3.8) is 0 Å². The molecule has 28 heavy (non-hydrogen) atoms. The average molecular weight is 387 g/mol. The van der Waals surface area contributed by atoms with Crippen LogP contribution in [0.4, 0.5) is 0 Å². The number of ether oxygens (including phenoxy) is 2. The molecule has 1 aromatic carbocycles. The summed E-state index contributed by atoms with van der Waals surface area (Å²) in [6.07, 6.45) is 1.71. The normalized spacial score (nSPS) is 10.8. The minimum absolute atomic E-state index is 0.201. The lowest BCUT2D eigenvalue weighted by atomic mass is 10.1. The highest BCUT2D eigenvalue weighted by molar-refractivity contribution is 5.96. The van der Waals surface area contributed by atoms with E-state index >= 15 is 0 Å². The van der Waals surface area contributed by atoms with E-state index in [4.69, 9.17) is 9.47 Å². The maximum atomic E-state index is 12.1. The Labute approximate surface area is 166 Å². The topological polar surface area (TPSA) is 83.9 Å². The Morgan fingerprint density at radius 1 is 1.14 bits per heavy atom. The molecule has 0 saturated heterocycles. The first kappa shape index (κ1) is 21.5. The van der Waals surface area contributed by atoms with Gasteiger partial charge < -0.3 is 24.8 Å². The molecule has 7 nitrogen and oxygen atoms in total. The molecule has 0 fully saturated rings. The molecule has 0 aliphatic rings. The minimum Gasteiger partial charge on any atom is -0.493 e. The lowest BCUT2D eigenvalue weighted by Gasteiger charge is -2.17. The van der Waals surface area contributed by atoms with E-state index in [1.165, 1.54) is 5.56 Å². The number of hydrogen-bond donors (Lipinski definition) is 2. The summed E-state index contributed by atoms with van der Waals surface area (Å²) in [7, 11) is 5.31. The van der Waals surface area contributed by atoms with Crippen LogP contribution in [0.5, 0.6) is 17.4 Å². The highest BCUT2D eigenvalue weighted by Crippen LogP contribution is 2.27. The Kier molecular flexibility index (Phi) is 8.07. The van der Waals surface area contributed by atoms with Gasteiger partial charge in [0, 0.05) is 18.8 Å². The molecule has 1 heterocycles. The van der Waals surface area contributed by atoms with E-state index in [9.17, 15) is 9.90 Å². The number of amides is 1. The summed E-state index contributed by atoms with van der Waals surface area (Å²) in [5.74, 6) is 0.923. The molecule has 0 radical (unpaired) electrons. The van der Waals surface area contributed by atoms with Gasteiger partial charge in [0.25, 0.3) is 5.91 Å². The smallest absolute Gasteiger partial charge is 0.256 e. The number of nitrogens with zero attached hydrogens (tertiary/aromatic N) is 2. The second-order valence-corrected chi connectivity index (χ2v) is 6.68. The molecule has 2 rings (SSSR count). The number of rotatable bonds is 10. The summed E-state index contributed by atoms with van der Waals surface area (Å²) in [5.41, 5.74) is 2.05. The third kappa shape index (κ3) is 6.13. The van der Waals surface area contributed by atoms with Crippen LogP contribution in [-0.2, 0) is 6.42 Å². The van der Waals surface area contributed by atoms with E-state index in [2.05, 4.69) is 22.2 Å². The Balaban J connectivity index is 1.71. The molecule has 2 N–H and O–H groups in total. The standard InChI is InChI=1S/C21H29N3O4/c1-15-6-8-17(21(26)23-15)20(25)22-11-5-12-24(2)13-10-16-7-9-18(27-3)19(14-16)28-4/h6-9,14H,5,10-13H2,1-4H3,(H,22,25)(H,23,26). The number of nitrogens with one attached hydrogen (secondary N) is 1. The molecule has 1 aromatic heterocycles. The van der Waals surface area contributed by atoms with Gasteiger partial charge in [-0.05, 0) is 63.2 Å². The summed E-state index contributed by atoms with van der Waals surface area (Å²) in [4.78, 5) is 18.2. The van der Waals surface area contributed by atoms with Crippen molar-refractivity contribution in [1.82, 2.24) is 15.2 Å². The van der Waals surface area contributed by atoms with Gasteiger partial charge in [-0.25, -0.2) is 4.98 Å². The van der Waals surface area contributed by atoms with E-state index in [0.717, 1.165) is 37.4 Å². The largest absolute Gasteiger partial charge is 0.493 e. The van der Waals surface area contributed by atoms with Crippen molar-refractivity contribution in [2.45, 2.75) is 19.8 Å². The number of aromatic nitrogens is 1. The van der Waals surface area contributed by atoms with Gasteiger partial charge in [0.05, 0.1) is 14.2 Å². The first-order valence-electron chi connectivity index (χ1n) is 9.29. The zero-order chi connectivity index (χ0) is 20.5. The molecule has 0 aliphatic heterocycles. The molecule has 0 unspecified atom stereocenters. The SMILES string of the molecule is COc1ccc(CCN(C)CCCNC(=O)c2ccc(C)nc2O)cc1OC. The van der Waals surface area contributed by atoms with Crippen LogP contribution in [0.2, 0.25) is 0 Å². The van der Waals surface area contributed by atoms with E-state index in [-0.39, 0.29) is 17.4 Å². The van der Waals surface area contributed by atoms with Crippen LogP contribution in [0.3, 0.4) is 0 Å². The molecule has 0 saturated carbocycles. The molecule has 2 aromatic rings. The van der Waals surface area contributed by atoms with E-state index in [0.29, 0.717) is 12.2 Å². The third-order valence-corrected chi connectivity index (χ3v) is 4.49. The van der Waals surface area contributed by atoms with E-state index in [1.807, 2.05) is 18.2 Å². The van der Waals surface area contributed by atoms with Gasteiger partial charge in [-0.1, -0.05) is 6.07 Å². The Morgan fingerprint density at radius 2 is 1.89 bits per heavy atom. The summed E-state index contributed by atoms with van der Waals surface area (Å²) in [5, 5.41) is 12.6. The van der Waals surface area contributed by atoms with Crippen molar-refractivity contribution in [2.75, 3.05) is 40.9 Å². The van der Waals surface area contributed by atoms with Gasteiger partial charge in [-0.2, -0.15) is 0 Å². The summed E-state index contributed by atoms with van der Waals surface area (Å²) in [6.45, 7) is 4.05. The molecule has 0 atom stereocenters. The number of hydrogen-bond acceptors (Lipinski definition) is 6. The third-order valence-electron chi connectivity index (χ3n) is 4.49. The second-order valence-electron chi connectivity index (χ2n) is 6.68. The van der Waals surface area contributed by atoms with Crippen LogP contribution in [0, 0.1) is 6.92 Å². The van der Waals surface area contributed by atoms with E-state index in [1.54, 1.807) is 33.3 Å². The number of benzene rings is 1. The van der Waals surface area contributed by atoms with Crippen LogP contribution in [-0.4, -0.2) is 61.8 Å². The molecule has 152 valence electrons. The number of carbonyl (C=O) groups is 1. The van der Waals surface area contributed by atoms with Crippen molar-refractivity contribution in [2.24, 2.45) is 0 Å². The van der Waals surface area contributed by atoms with Gasteiger partial charge in [0.15, 0.2) is 11.5 Å². The summed E-state index contributed by atoms with van der Waals surface area (Å²) < 4.78 is 10.6. The van der Waals surface area contributed by atoms with Crippen LogP contribution < -0.4 is 14.8 Å². The minimum atomic E-state index is -0.307. The molecule has 7 heteroatoms. The Morgan fingerprint density at radius 3 is 2.57 bits per heavy atom. The molecule has 1 amide bonds. The Bertz CT molecular complexity index is 795. The number of likely N-dealkylation sites (N-methyl/N-ethyl adjacent to an activating group) is 1. The fourth-order valence-electron chi connectivity index (χ4n) is 2.83. The number of pyridine rings is 1. The fourth-order valence-corrected chi connectivity index (χ4v) is 2.83.